The Hall–Kier alpha value is -0.380. The van der Waals surface area contributed by atoms with Crippen LogP contribution in [0.25, 0.3) is 0 Å². The third kappa shape index (κ3) is 6.16. The van der Waals surface area contributed by atoms with Gasteiger partial charge in [0.15, 0.2) is 0 Å². The summed E-state index contributed by atoms with van der Waals surface area (Å²) in [5.41, 5.74) is -1.35. The molecule has 142 valence electrons. The Kier molecular flexibility index (Phi) is 8.20. The first kappa shape index (κ1) is 23.6. The van der Waals surface area contributed by atoms with Crippen LogP contribution in [0.15, 0.2) is 0 Å². The molecule has 0 aromatic rings. The third-order valence-corrected chi connectivity index (χ3v) is 6.38. The van der Waals surface area contributed by atoms with Crippen molar-refractivity contribution in [1.29, 1.82) is 0 Å². The van der Waals surface area contributed by atoms with E-state index in [1.807, 2.05) is 55.4 Å². The van der Waals surface area contributed by atoms with E-state index in [1.165, 1.54) is 0 Å². The predicted octanol–water partition coefficient (Wildman–Crippen LogP) is 5.79. The first-order chi connectivity index (χ1) is 10.6. The van der Waals surface area contributed by atoms with Crippen LogP contribution in [0, 0.1) is 22.7 Å². The molecule has 24 heavy (non-hydrogen) atoms. The van der Waals surface area contributed by atoms with E-state index in [4.69, 9.17) is 4.74 Å². The van der Waals surface area contributed by atoms with Crippen LogP contribution in [0.2, 0.25) is 0 Å². The van der Waals surface area contributed by atoms with Crippen molar-refractivity contribution >= 4 is 27.7 Å². The van der Waals surface area contributed by atoms with Crippen LogP contribution in [0.5, 0.6) is 0 Å². The van der Waals surface area contributed by atoms with Crippen molar-refractivity contribution in [3.05, 3.63) is 0 Å². The number of hydrogen-bond acceptors (Lipinski definition) is 3. The van der Waals surface area contributed by atoms with E-state index in [0.717, 1.165) is 6.42 Å². The summed E-state index contributed by atoms with van der Waals surface area (Å²) in [4.78, 5) is 25.5. The number of carbonyl (C=O) groups excluding carboxylic acids is 2. The number of ether oxygens (including phenoxy) is 1. The molecule has 2 unspecified atom stereocenters. The quantitative estimate of drug-likeness (QED) is 0.379. The Bertz CT molecular complexity index is 444. The maximum atomic E-state index is 12.7. The van der Waals surface area contributed by atoms with Gasteiger partial charge >= 0.3 is 5.97 Å². The van der Waals surface area contributed by atoms with Crippen LogP contribution in [0.1, 0.15) is 82.1 Å². The van der Waals surface area contributed by atoms with Crippen molar-refractivity contribution in [3.63, 3.8) is 0 Å². The zero-order chi connectivity index (χ0) is 19.5. The number of rotatable bonds is 8. The smallest absolute Gasteiger partial charge is 0.310 e. The zero-order valence-electron chi connectivity index (χ0n) is 17.2. The maximum absolute atomic E-state index is 12.7. The van der Waals surface area contributed by atoms with Gasteiger partial charge in [-0.15, -0.1) is 0 Å². The summed E-state index contributed by atoms with van der Waals surface area (Å²) in [5, 5.41) is 0. The summed E-state index contributed by atoms with van der Waals surface area (Å²) in [5.74, 6) is -0.251. The SMILES string of the molecule is CCC(Br)C(CC(C)(C)C(C)(C)C(=O)C(C)C)C(=O)OC(C)(C)C. The molecular weight excluding hydrogens is 368 g/mol. The highest BCUT2D eigenvalue weighted by molar-refractivity contribution is 9.09. The lowest BCUT2D eigenvalue weighted by molar-refractivity contribution is -0.162. The molecule has 0 aromatic carbocycles. The van der Waals surface area contributed by atoms with Crippen LogP contribution in [0.3, 0.4) is 0 Å². The Labute approximate surface area is 157 Å². The van der Waals surface area contributed by atoms with E-state index < -0.39 is 11.0 Å². The topological polar surface area (TPSA) is 43.4 Å². The zero-order valence-corrected chi connectivity index (χ0v) is 18.8. The van der Waals surface area contributed by atoms with Crippen molar-refractivity contribution in [2.45, 2.75) is 92.5 Å². The molecule has 0 bridgehead atoms. The van der Waals surface area contributed by atoms with Gasteiger partial charge in [0.1, 0.15) is 11.4 Å². The van der Waals surface area contributed by atoms with Gasteiger partial charge in [-0.25, -0.2) is 0 Å². The molecular formula is C20H37BrO3. The monoisotopic (exact) mass is 404 g/mol. The molecule has 3 nitrogen and oxygen atoms in total. The van der Waals surface area contributed by atoms with Crippen molar-refractivity contribution in [2.75, 3.05) is 0 Å². The molecule has 0 fully saturated rings. The van der Waals surface area contributed by atoms with Crippen LogP contribution in [-0.2, 0) is 14.3 Å². The fourth-order valence-electron chi connectivity index (χ4n) is 2.88. The molecule has 0 radical (unpaired) electrons. The molecule has 0 aliphatic carbocycles. The maximum Gasteiger partial charge on any atom is 0.310 e. The Morgan fingerprint density at radius 3 is 1.79 bits per heavy atom. The fraction of sp³-hybridized carbons (Fsp3) is 0.900. The van der Waals surface area contributed by atoms with E-state index in [1.54, 1.807) is 0 Å². The fourth-order valence-corrected chi connectivity index (χ4v) is 3.28. The molecule has 0 N–H and O–H groups in total. The summed E-state index contributed by atoms with van der Waals surface area (Å²) in [7, 11) is 0. The molecule has 4 heteroatoms. The van der Waals surface area contributed by atoms with Crippen molar-refractivity contribution in [2.24, 2.45) is 22.7 Å². The molecule has 0 aromatic heterocycles. The molecule has 0 amide bonds. The standard InChI is InChI=1S/C20H37BrO3/c1-11-15(21)14(17(23)24-18(4,5)6)12-19(7,8)20(9,10)16(22)13(2)3/h13-15H,11-12H2,1-10H3. The normalized spacial score (nSPS) is 16.0. The molecule has 0 saturated carbocycles. The first-order valence-corrected chi connectivity index (χ1v) is 9.89. The largest absolute Gasteiger partial charge is 0.460 e. The van der Waals surface area contributed by atoms with E-state index >= 15 is 0 Å². The van der Waals surface area contributed by atoms with Gasteiger partial charge in [-0.05, 0) is 39.0 Å². The van der Waals surface area contributed by atoms with Gasteiger partial charge in [-0.3, -0.25) is 9.59 Å². The summed E-state index contributed by atoms with van der Waals surface area (Å²) in [6, 6.07) is 0. The number of ketones is 1. The molecule has 0 heterocycles. The van der Waals surface area contributed by atoms with E-state index in [0.29, 0.717) is 6.42 Å². The molecule has 0 rings (SSSR count). The third-order valence-electron chi connectivity index (χ3n) is 5.10. The second-order valence-corrected chi connectivity index (χ2v) is 10.5. The second-order valence-electron chi connectivity index (χ2n) is 9.30. The van der Waals surface area contributed by atoms with E-state index in [2.05, 4.69) is 29.8 Å². The minimum absolute atomic E-state index is 0.0230. The van der Waals surface area contributed by atoms with Crippen molar-refractivity contribution in [3.8, 4) is 0 Å². The number of carbonyl (C=O) groups is 2. The number of esters is 1. The number of alkyl halides is 1. The molecule has 2 atom stereocenters. The highest BCUT2D eigenvalue weighted by Gasteiger charge is 2.47. The van der Waals surface area contributed by atoms with Gasteiger partial charge in [-0.1, -0.05) is 64.4 Å². The number of hydrogen-bond donors (Lipinski definition) is 0. The lowest BCUT2D eigenvalue weighted by Gasteiger charge is -2.44. The summed E-state index contributed by atoms with van der Waals surface area (Å²) in [6.45, 7) is 19.7. The van der Waals surface area contributed by atoms with E-state index in [9.17, 15) is 9.59 Å². The Balaban J connectivity index is 5.55. The first-order valence-electron chi connectivity index (χ1n) is 8.98. The molecule has 0 saturated heterocycles. The highest BCUT2D eigenvalue weighted by atomic mass is 79.9. The highest BCUT2D eigenvalue weighted by Crippen LogP contribution is 2.47. The average Bonchev–Trinajstić information content (AvgIpc) is 2.40. The minimum Gasteiger partial charge on any atom is -0.460 e. The van der Waals surface area contributed by atoms with Gasteiger partial charge in [0.05, 0.1) is 5.92 Å². The summed E-state index contributed by atoms with van der Waals surface area (Å²) >= 11 is 3.65. The second kappa shape index (κ2) is 8.33. The van der Waals surface area contributed by atoms with Crippen LogP contribution < -0.4 is 0 Å². The van der Waals surface area contributed by atoms with Gasteiger partial charge < -0.3 is 4.74 Å². The van der Waals surface area contributed by atoms with Gasteiger partial charge in [0.25, 0.3) is 0 Å². The predicted molar refractivity (Wildman–Crippen MR) is 104 cm³/mol. The van der Waals surface area contributed by atoms with Crippen LogP contribution in [-0.4, -0.2) is 22.2 Å². The van der Waals surface area contributed by atoms with Crippen molar-refractivity contribution < 1.29 is 14.3 Å². The minimum atomic E-state index is -0.512. The summed E-state index contributed by atoms with van der Waals surface area (Å²) < 4.78 is 5.64. The van der Waals surface area contributed by atoms with Crippen LogP contribution >= 0.6 is 15.9 Å². The number of halogens is 1. The lowest BCUT2D eigenvalue weighted by Crippen LogP contribution is -2.45. The Morgan fingerprint density at radius 1 is 1.00 bits per heavy atom. The molecule has 0 spiro atoms. The van der Waals surface area contributed by atoms with Gasteiger partial charge in [0.2, 0.25) is 0 Å². The van der Waals surface area contributed by atoms with Gasteiger partial charge in [-0.2, -0.15) is 0 Å². The Morgan fingerprint density at radius 2 is 1.46 bits per heavy atom. The van der Waals surface area contributed by atoms with E-state index in [-0.39, 0.29) is 33.8 Å². The average molecular weight is 405 g/mol. The molecule has 0 aliphatic rings. The lowest BCUT2D eigenvalue weighted by atomic mass is 9.60. The van der Waals surface area contributed by atoms with Crippen LogP contribution in [0.4, 0.5) is 0 Å². The summed E-state index contributed by atoms with van der Waals surface area (Å²) in [6.07, 6.45) is 1.44. The van der Waals surface area contributed by atoms with Gasteiger partial charge in [0, 0.05) is 16.2 Å². The number of Topliss-reactive ketones (excluding diaryl/α,β-unsaturated/α-hetero) is 1. The molecule has 0 aliphatic heterocycles. The van der Waals surface area contributed by atoms with Crippen molar-refractivity contribution in [1.82, 2.24) is 0 Å².